The van der Waals surface area contributed by atoms with Crippen molar-refractivity contribution in [3.8, 4) is 11.5 Å². The molecule has 0 saturated heterocycles. The molecule has 0 saturated carbocycles. The number of fused-ring (bicyclic) bond motifs is 1. The minimum atomic E-state index is -0.277. The monoisotopic (exact) mass is 496 g/mol. The van der Waals surface area contributed by atoms with Crippen LogP contribution in [-0.2, 0) is 19.6 Å². The normalized spacial score (nSPS) is 11.1. The molecule has 1 heterocycles. The van der Waals surface area contributed by atoms with Gasteiger partial charge in [0.1, 0.15) is 12.4 Å². The highest BCUT2D eigenvalue weighted by molar-refractivity contribution is 9.10. The molecule has 166 valence electrons. The van der Waals surface area contributed by atoms with Crippen molar-refractivity contribution in [3.63, 3.8) is 0 Å². The summed E-state index contributed by atoms with van der Waals surface area (Å²) in [5.41, 5.74) is 4.05. The second kappa shape index (κ2) is 10.7. The zero-order chi connectivity index (χ0) is 22.3. The molecule has 6 heteroatoms. The second-order valence-corrected chi connectivity index (χ2v) is 8.34. The van der Waals surface area contributed by atoms with Crippen molar-refractivity contribution < 1.29 is 13.9 Å². The molecule has 4 nitrogen and oxygen atoms in total. The molecule has 0 amide bonds. The first kappa shape index (κ1) is 22.4. The molecule has 1 aromatic heterocycles. The first-order valence-electron chi connectivity index (χ1n) is 10.7. The third-order valence-corrected chi connectivity index (χ3v) is 6.05. The van der Waals surface area contributed by atoms with Gasteiger partial charge in [-0.2, -0.15) is 0 Å². The summed E-state index contributed by atoms with van der Waals surface area (Å²) in [6, 6.07) is 18.8. The Bertz CT molecular complexity index is 1190. The number of benzene rings is 3. The molecule has 4 rings (SSSR count). The van der Waals surface area contributed by atoms with E-state index in [1.54, 1.807) is 18.2 Å². The molecule has 0 spiro atoms. The molecular formula is C26H26BrFN2O2. The number of hydrogen-bond acceptors (Lipinski definition) is 3. The molecule has 0 fully saturated rings. The van der Waals surface area contributed by atoms with Gasteiger partial charge in [-0.05, 0) is 55.3 Å². The Labute approximate surface area is 195 Å². The van der Waals surface area contributed by atoms with Gasteiger partial charge in [0.2, 0.25) is 0 Å². The Kier molecular flexibility index (Phi) is 7.45. The Balaban J connectivity index is 1.39. The van der Waals surface area contributed by atoms with E-state index in [1.807, 2.05) is 25.1 Å². The number of halogens is 2. The summed E-state index contributed by atoms with van der Waals surface area (Å²) in [5, 5.41) is 4.78. The zero-order valence-corrected chi connectivity index (χ0v) is 19.5. The van der Waals surface area contributed by atoms with Crippen molar-refractivity contribution >= 4 is 26.8 Å². The lowest BCUT2D eigenvalue weighted by molar-refractivity contribution is 0.265. The summed E-state index contributed by atoms with van der Waals surface area (Å²) in [5.74, 6) is 0.963. The predicted octanol–water partition coefficient (Wildman–Crippen LogP) is 6.38. The lowest BCUT2D eigenvalue weighted by Gasteiger charge is -2.16. The smallest absolute Gasteiger partial charge is 0.162 e. The van der Waals surface area contributed by atoms with E-state index in [0.717, 1.165) is 28.5 Å². The summed E-state index contributed by atoms with van der Waals surface area (Å²) in [7, 11) is 0. The van der Waals surface area contributed by atoms with Gasteiger partial charge in [0.25, 0.3) is 0 Å². The van der Waals surface area contributed by atoms with Crippen molar-refractivity contribution in [3.05, 3.63) is 93.8 Å². The molecule has 0 aliphatic carbocycles. The highest BCUT2D eigenvalue weighted by Crippen LogP contribution is 2.34. The lowest BCUT2D eigenvalue weighted by Crippen LogP contribution is -2.17. The van der Waals surface area contributed by atoms with Crippen LogP contribution in [0.1, 0.15) is 23.6 Å². The number of para-hydroxylation sites is 1. The average Bonchev–Trinajstić information content (AvgIpc) is 3.21. The number of H-pyrrole nitrogens is 1. The molecule has 32 heavy (non-hydrogen) atoms. The highest BCUT2D eigenvalue weighted by Gasteiger charge is 2.12. The minimum Gasteiger partial charge on any atom is -0.490 e. The Morgan fingerprint density at radius 2 is 1.72 bits per heavy atom. The van der Waals surface area contributed by atoms with E-state index in [4.69, 9.17) is 9.47 Å². The van der Waals surface area contributed by atoms with Gasteiger partial charge < -0.3 is 19.8 Å². The number of ether oxygens (including phenoxy) is 2. The molecule has 0 atom stereocenters. The molecule has 4 aromatic rings. The van der Waals surface area contributed by atoms with E-state index in [1.165, 1.54) is 17.0 Å². The maximum Gasteiger partial charge on any atom is 0.162 e. The molecule has 2 N–H and O–H groups in total. The molecule has 0 radical (unpaired) electrons. The van der Waals surface area contributed by atoms with Crippen LogP contribution in [0, 0.1) is 5.82 Å². The summed E-state index contributed by atoms with van der Waals surface area (Å²) >= 11 is 3.64. The number of aromatic nitrogens is 1. The maximum atomic E-state index is 13.9. The molecule has 0 aliphatic heterocycles. The lowest BCUT2D eigenvalue weighted by atomic mass is 10.1. The number of nitrogens with one attached hydrogen (secondary N) is 2. The number of aromatic amines is 1. The summed E-state index contributed by atoms with van der Waals surface area (Å²) in [6.45, 7) is 4.13. The molecule has 3 aromatic carbocycles. The van der Waals surface area contributed by atoms with Gasteiger partial charge in [-0.25, -0.2) is 4.39 Å². The predicted molar refractivity (Wildman–Crippen MR) is 130 cm³/mol. The quantitative estimate of drug-likeness (QED) is 0.250. The third kappa shape index (κ3) is 5.31. The van der Waals surface area contributed by atoms with E-state index in [9.17, 15) is 4.39 Å². The van der Waals surface area contributed by atoms with Gasteiger partial charge in [0, 0.05) is 33.7 Å². The van der Waals surface area contributed by atoms with Crippen LogP contribution in [0.2, 0.25) is 0 Å². The van der Waals surface area contributed by atoms with E-state index in [-0.39, 0.29) is 12.4 Å². The van der Waals surface area contributed by atoms with Crippen molar-refractivity contribution in [2.24, 2.45) is 0 Å². The van der Waals surface area contributed by atoms with Gasteiger partial charge in [-0.15, -0.1) is 0 Å². The molecule has 0 bridgehead atoms. The zero-order valence-electron chi connectivity index (χ0n) is 18.0. The van der Waals surface area contributed by atoms with Crippen LogP contribution in [0.15, 0.2) is 71.3 Å². The number of rotatable bonds is 10. The van der Waals surface area contributed by atoms with Gasteiger partial charge in [-0.1, -0.05) is 52.3 Å². The molecular weight excluding hydrogens is 471 g/mol. The van der Waals surface area contributed by atoms with Crippen LogP contribution in [0.25, 0.3) is 10.9 Å². The molecule has 0 aliphatic rings. The van der Waals surface area contributed by atoms with Crippen LogP contribution in [-0.4, -0.2) is 18.1 Å². The fraction of sp³-hybridized carbons (Fsp3) is 0.231. The Morgan fingerprint density at radius 3 is 2.56 bits per heavy atom. The largest absolute Gasteiger partial charge is 0.490 e. The van der Waals surface area contributed by atoms with Crippen LogP contribution >= 0.6 is 15.9 Å². The van der Waals surface area contributed by atoms with Gasteiger partial charge in [0.15, 0.2) is 11.5 Å². The first-order chi connectivity index (χ1) is 15.7. The van der Waals surface area contributed by atoms with Crippen molar-refractivity contribution in [1.29, 1.82) is 0 Å². The third-order valence-electron chi connectivity index (χ3n) is 5.32. The summed E-state index contributed by atoms with van der Waals surface area (Å²) < 4.78 is 26.5. The van der Waals surface area contributed by atoms with Crippen LogP contribution in [0.3, 0.4) is 0 Å². The van der Waals surface area contributed by atoms with Gasteiger partial charge >= 0.3 is 0 Å². The topological polar surface area (TPSA) is 46.3 Å². The van der Waals surface area contributed by atoms with Gasteiger partial charge in [0.05, 0.1) is 6.61 Å². The van der Waals surface area contributed by atoms with Crippen LogP contribution in [0.5, 0.6) is 11.5 Å². The summed E-state index contributed by atoms with van der Waals surface area (Å²) in [6.07, 6.45) is 3.01. The van der Waals surface area contributed by atoms with Crippen LogP contribution < -0.4 is 14.8 Å². The van der Waals surface area contributed by atoms with E-state index in [2.05, 4.69) is 50.6 Å². The highest BCUT2D eigenvalue weighted by atomic mass is 79.9. The Hall–Kier alpha value is -2.83. The maximum absolute atomic E-state index is 13.9. The van der Waals surface area contributed by atoms with Crippen molar-refractivity contribution in [2.75, 3.05) is 13.2 Å². The summed E-state index contributed by atoms with van der Waals surface area (Å²) in [4.78, 5) is 3.32. The van der Waals surface area contributed by atoms with Crippen LogP contribution in [0.4, 0.5) is 4.39 Å². The Morgan fingerprint density at radius 1 is 0.938 bits per heavy atom. The fourth-order valence-corrected chi connectivity index (χ4v) is 4.11. The van der Waals surface area contributed by atoms with E-state index in [0.29, 0.717) is 30.2 Å². The van der Waals surface area contributed by atoms with Crippen molar-refractivity contribution in [1.82, 2.24) is 10.3 Å². The van der Waals surface area contributed by atoms with Crippen molar-refractivity contribution in [2.45, 2.75) is 26.5 Å². The minimum absolute atomic E-state index is 0.140. The van der Waals surface area contributed by atoms with Gasteiger partial charge in [-0.3, -0.25) is 0 Å². The molecule has 0 unspecified atom stereocenters. The SMILES string of the molecule is CCOc1cc(CNCCc2c[nH]c3ccccc23)c(Br)cc1OCc1ccccc1F. The average molecular weight is 497 g/mol. The second-order valence-electron chi connectivity index (χ2n) is 7.49. The first-order valence-corrected chi connectivity index (χ1v) is 11.5. The van der Waals surface area contributed by atoms with E-state index < -0.39 is 0 Å². The number of hydrogen-bond donors (Lipinski definition) is 2. The van der Waals surface area contributed by atoms with E-state index >= 15 is 0 Å². The fourth-order valence-electron chi connectivity index (χ4n) is 3.65. The standard InChI is InChI=1S/C26H26BrFN2O2/c1-2-31-25-13-20(15-29-12-11-18-16-30-24-10-6-4-8-21(18)24)22(27)14-26(25)32-17-19-7-3-5-9-23(19)28/h3-10,13-14,16,29-30H,2,11-12,15,17H2,1H3.